The lowest BCUT2D eigenvalue weighted by Crippen LogP contribution is -2.25. The zero-order chi connectivity index (χ0) is 42.9. The van der Waals surface area contributed by atoms with E-state index >= 15 is 0 Å². The highest BCUT2D eigenvalue weighted by atomic mass is 16.4. The normalized spacial score (nSPS) is 12.9. The fourth-order valence-electron chi connectivity index (χ4n) is 9.04. The molecular weight excluding hydrogens is 773 g/mol. The summed E-state index contributed by atoms with van der Waals surface area (Å²) in [6.07, 6.45) is 21.2. The van der Waals surface area contributed by atoms with Crippen LogP contribution in [0.5, 0.6) is 0 Å². The van der Waals surface area contributed by atoms with E-state index in [9.17, 15) is 0 Å². The van der Waals surface area contributed by atoms with Gasteiger partial charge < -0.3 is 8.83 Å². The van der Waals surface area contributed by atoms with Crippen LogP contribution in [0.1, 0.15) is 111 Å². The Labute approximate surface area is 371 Å². The summed E-state index contributed by atoms with van der Waals surface area (Å²) in [5.41, 5.74) is 14.0. The van der Waals surface area contributed by atoms with Crippen molar-refractivity contribution < 1.29 is 8.83 Å². The molecule has 0 unspecified atom stereocenters. The molecule has 1 aliphatic rings. The highest BCUT2D eigenvalue weighted by molar-refractivity contribution is 5.85. The zero-order valence-electron chi connectivity index (χ0n) is 36.3. The van der Waals surface area contributed by atoms with Gasteiger partial charge in [0, 0.05) is 27.7 Å². The smallest absolute Gasteiger partial charge is 0.248 e. The largest absolute Gasteiger partial charge is 0.416 e. The van der Waals surface area contributed by atoms with Gasteiger partial charge >= 0.3 is 0 Å². The van der Waals surface area contributed by atoms with Gasteiger partial charge in [-0.1, -0.05) is 187 Å². The molecule has 1 aliphatic carbocycles. The van der Waals surface area contributed by atoms with Crippen molar-refractivity contribution in [2.24, 2.45) is 0 Å². The molecule has 0 saturated carbocycles. The topological polar surface area (TPSA) is 77.8 Å². The van der Waals surface area contributed by atoms with Gasteiger partial charge in [0.25, 0.3) is 0 Å². The second-order valence-electron chi connectivity index (χ2n) is 16.8. The van der Waals surface area contributed by atoms with E-state index in [-0.39, 0.29) is 5.41 Å². The molecule has 0 saturated heterocycles. The Kier molecular flexibility index (Phi) is 12.8. The zero-order valence-corrected chi connectivity index (χ0v) is 36.3. The quantitative estimate of drug-likeness (QED) is 0.0633. The molecule has 0 N–H and O–H groups in total. The van der Waals surface area contributed by atoms with E-state index in [1.54, 1.807) is 0 Å². The van der Waals surface area contributed by atoms with Crippen molar-refractivity contribution in [3.63, 3.8) is 0 Å². The van der Waals surface area contributed by atoms with E-state index in [2.05, 4.69) is 143 Å². The van der Waals surface area contributed by atoms with Crippen LogP contribution in [-0.2, 0) is 5.41 Å². The number of hydrogen-bond donors (Lipinski definition) is 0. The van der Waals surface area contributed by atoms with Gasteiger partial charge in [0.05, 0.1) is 0 Å². The second kappa shape index (κ2) is 19.4. The lowest BCUT2D eigenvalue weighted by molar-refractivity contribution is 0.401. The van der Waals surface area contributed by atoms with Gasteiger partial charge in [0.2, 0.25) is 23.6 Å². The average molecular weight is 827 g/mol. The molecule has 6 heteroatoms. The summed E-state index contributed by atoms with van der Waals surface area (Å²) in [6, 6.07) is 50.7. The van der Waals surface area contributed by atoms with E-state index in [0.29, 0.717) is 23.6 Å². The first kappa shape index (κ1) is 41.4. The maximum Gasteiger partial charge on any atom is 0.248 e. The van der Waals surface area contributed by atoms with E-state index in [0.717, 1.165) is 46.2 Å². The lowest BCUT2D eigenvalue weighted by Gasteiger charge is -2.33. The number of aromatic nitrogens is 4. The Morgan fingerprint density at radius 2 is 0.730 bits per heavy atom. The summed E-state index contributed by atoms with van der Waals surface area (Å²) in [5.74, 6) is 2.08. The Morgan fingerprint density at radius 3 is 1.11 bits per heavy atom. The molecule has 0 radical (unpaired) electrons. The molecule has 9 rings (SSSR count). The van der Waals surface area contributed by atoms with E-state index in [4.69, 9.17) is 8.83 Å². The lowest BCUT2D eigenvalue weighted by atomic mass is 9.70. The minimum atomic E-state index is -0.0332. The van der Waals surface area contributed by atoms with Crippen molar-refractivity contribution >= 4 is 24.3 Å². The molecule has 314 valence electrons. The van der Waals surface area contributed by atoms with Crippen LogP contribution in [0, 0.1) is 0 Å². The highest BCUT2D eigenvalue weighted by Crippen LogP contribution is 2.55. The van der Waals surface area contributed by atoms with Crippen LogP contribution in [0.2, 0.25) is 0 Å². The van der Waals surface area contributed by atoms with Crippen molar-refractivity contribution in [2.75, 3.05) is 0 Å². The maximum atomic E-state index is 6.02. The van der Waals surface area contributed by atoms with Crippen molar-refractivity contribution in [1.29, 1.82) is 0 Å². The van der Waals surface area contributed by atoms with Crippen LogP contribution < -0.4 is 0 Å². The molecule has 0 bridgehead atoms. The third-order valence-electron chi connectivity index (χ3n) is 12.5. The van der Waals surface area contributed by atoms with Crippen molar-refractivity contribution in [2.45, 2.75) is 83.5 Å². The number of nitrogens with zero attached hydrogens (tertiary/aromatic N) is 4. The third-order valence-corrected chi connectivity index (χ3v) is 12.5. The van der Waals surface area contributed by atoms with Crippen LogP contribution in [0.4, 0.5) is 0 Å². The summed E-state index contributed by atoms with van der Waals surface area (Å²) in [5, 5.41) is 17.2. The fourth-order valence-corrected chi connectivity index (χ4v) is 9.04. The minimum Gasteiger partial charge on any atom is -0.416 e. The number of benzene rings is 6. The number of unbranched alkanes of at least 4 members (excludes halogenated alkanes) is 6. The number of hydrogen-bond acceptors (Lipinski definition) is 6. The van der Waals surface area contributed by atoms with Gasteiger partial charge in [-0.05, 0) is 106 Å². The first-order valence-corrected chi connectivity index (χ1v) is 22.7. The fraction of sp³-hybridized carbons (Fsp3) is 0.228. The molecular formula is C57H54N4O2. The molecule has 0 spiro atoms. The van der Waals surface area contributed by atoms with Crippen LogP contribution >= 0.6 is 0 Å². The molecule has 0 atom stereocenters. The summed E-state index contributed by atoms with van der Waals surface area (Å²) >= 11 is 0. The van der Waals surface area contributed by atoms with E-state index in [1.165, 1.54) is 84.7 Å². The Morgan fingerprint density at radius 1 is 0.381 bits per heavy atom. The van der Waals surface area contributed by atoms with E-state index in [1.807, 2.05) is 60.7 Å². The third kappa shape index (κ3) is 9.31. The first-order chi connectivity index (χ1) is 31.1. The summed E-state index contributed by atoms with van der Waals surface area (Å²) < 4.78 is 12.0. The number of rotatable bonds is 18. The monoisotopic (exact) mass is 826 g/mol. The Balaban J connectivity index is 0.974. The molecule has 2 heterocycles. The molecule has 6 aromatic carbocycles. The summed E-state index contributed by atoms with van der Waals surface area (Å²) in [7, 11) is 0. The summed E-state index contributed by atoms with van der Waals surface area (Å²) in [6.45, 7) is 4.61. The SMILES string of the molecule is CCCCCCC1(CCCCCC)c2cc(/C=C/c3ccc(-c4nnc(-c5ccccc5)o4)cc3)ccc2-c2ccc(/C=C/c3ccc(-c4nnc(-c5ccccc5)o4)cc3)cc21. The Bertz CT molecular complexity index is 2600. The molecule has 63 heavy (non-hydrogen) atoms. The number of fused-ring (bicyclic) bond motifs is 3. The van der Waals surface area contributed by atoms with Gasteiger partial charge in [0.15, 0.2) is 0 Å². The van der Waals surface area contributed by atoms with Crippen LogP contribution in [0.3, 0.4) is 0 Å². The van der Waals surface area contributed by atoms with Gasteiger partial charge in [-0.3, -0.25) is 0 Å². The standard InChI is InChI=1S/C57H54N4O2/c1-3-5-7-15-37-57(38-16-8-6-4-2)51-39-43(23-21-41-25-31-47(32-26-41)55-60-58-53(62-55)45-17-11-9-12-18-45)29-35-49(51)50-36-30-44(40-52(50)57)24-22-42-27-33-48(34-28-42)56-61-59-54(63-56)46-19-13-10-14-20-46/h9-14,17-36,39-40H,3-8,15-16,37-38H2,1-2H3/b23-21+,24-22+. The molecule has 8 aromatic rings. The van der Waals surface area contributed by atoms with E-state index < -0.39 is 0 Å². The van der Waals surface area contributed by atoms with Gasteiger partial charge in [-0.2, -0.15) is 0 Å². The highest BCUT2D eigenvalue weighted by Gasteiger charge is 2.42. The Hall–Kier alpha value is -6.92. The van der Waals surface area contributed by atoms with Gasteiger partial charge in [-0.15, -0.1) is 20.4 Å². The van der Waals surface area contributed by atoms with Crippen molar-refractivity contribution in [3.05, 3.63) is 179 Å². The van der Waals surface area contributed by atoms with Gasteiger partial charge in [-0.25, -0.2) is 0 Å². The predicted octanol–water partition coefficient (Wildman–Crippen LogP) is 15.7. The molecule has 0 amide bonds. The second-order valence-corrected chi connectivity index (χ2v) is 16.8. The maximum absolute atomic E-state index is 6.02. The van der Waals surface area contributed by atoms with Crippen molar-refractivity contribution in [1.82, 2.24) is 20.4 Å². The molecule has 0 aliphatic heterocycles. The molecule has 6 nitrogen and oxygen atoms in total. The summed E-state index contributed by atoms with van der Waals surface area (Å²) in [4.78, 5) is 0. The van der Waals surface area contributed by atoms with Crippen LogP contribution in [0.15, 0.2) is 154 Å². The van der Waals surface area contributed by atoms with Crippen molar-refractivity contribution in [3.8, 4) is 56.9 Å². The van der Waals surface area contributed by atoms with Crippen LogP contribution in [-0.4, -0.2) is 20.4 Å². The predicted molar refractivity (Wildman–Crippen MR) is 258 cm³/mol. The minimum absolute atomic E-state index is 0.0332. The molecule has 2 aromatic heterocycles. The van der Waals surface area contributed by atoms with Crippen LogP contribution in [0.25, 0.3) is 81.2 Å². The average Bonchev–Trinajstić information content (AvgIpc) is 4.10. The van der Waals surface area contributed by atoms with Gasteiger partial charge in [0.1, 0.15) is 0 Å². The first-order valence-electron chi connectivity index (χ1n) is 22.7. The molecule has 0 fully saturated rings.